The second kappa shape index (κ2) is 6.70. The van der Waals surface area contributed by atoms with Gasteiger partial charge in [-0.25, -0.2) is 0 Å². The molecule has 0 aromatic heterocycles. The van der Waals surface area contributed by atoms with Crippen molar-refractivity contribution in [3.63, 3.8) is 0 Å². The van der Waals surface area contributed by atoms with E-state index < -0.39 is 11.8 Å². The zero-order valence-corrected chi connectivity index (χ0v) is 15.8. The number of ketones is 2. The lowest BCUT2D eigenvalue weighted by molar-refractivity contribution is -0.131. The van der Waals surface area contributed by atoms with E-state index in [1.54, 1.807) is 26.2 Å². The molecule has 1 aromatic carbocycles. The monoisotopic (exact) mass is 382 g/mol. The van der Waals surface area contributed by atoms with Gasteiger partial charge in [0.15, 0.2) is 17.9 Å². The first-order valence-corrected chi connectivity index (χ1v) is 9.71. The minimum atomic E-state index is -0.799. The van der Waals surface area contributed by atoms with Crippen molar-refractivity contribution in [2.45, 2.75) is 37.8 Å². The number of ether oxygens (including phenoxy) is 4. The number of methoxy groups -OCH3 is 1. The van der Waals surface area contributed by atoms with Gasteiger partial charge in [0.25, 0.3) is 0 Å². The smallest absolute Gasteiger partial charge is 0.163 e. The fraction of sp³-hybridized carbons (Fsp3) is 0.545. The van der Waals surface area contributed by atoms with Gasteiger partial charge in [-0.1, -0.05) is 12.0 Å². The van der Waals surface area contributed by atoms with Crippen LogP contribution in [0.15, 0.2) is 18.2 Å². The normalized spacial score (nSPS) is 36.5. The molecule has 5 rings (SSSR count). The number of hydrogen-bond donors (Lipinski definition) is 0. The van der Waals surface area contributed by atoms with Crippen molar-refractivity contribution in [1.29, 1.82) is 0 Å². The highest BCUT2D eigenvalue weighted by Crippen LogP contribution is 2.56. The van der Waals surface area contributed by atoms with E-state index >= 15 is 0 Å². The van der Waals surface area contributed by atoms with Crippen LogP contribution in [0.2, 0.25) is 0 Å². The third-order valence-corrected chi connectivity index (χ3v) is 6.44. The molecule has 0 N–H and O–H groups in total. The molecule has 1 aromatic rings. The molecule has 3 saturated heterocycles. The van der Waals surface area contributed by atoms with Gasteiger partial charge in [-0.2, -0.15) is 0 Å². The Hall–Kier alpha value is -2.20. The summed E-state index contributed by atoms with van der Waals surface area (Å²) in [5, 5.41) is 0. The number of carbonyl (C=O) groups is 2. The van der Waals surface area contributed by atoms with Gasteiger partial charge >= 0.3 is 0 Å². The van der Waals surface area contributed by atoms with Gasteiger partial charge in [-0.3, -0.25) is 9.59 Å². The van der Waals surface area contributed by atoms with E-state index in [0.29, 0.717) is 30.9 Å². The third-order valence-electron chi connectivity index (χ3n) is 6.44. The Morgan fingerprint density at radius 2 is 1.86 bits per heavy atom. The van der Waals surface area contributed by atoms with Gasteiger partial charge in [0.05, 0.1) is 44.4 Å². The van der Waals surface area contributed by atoms with E-state index in [9.17, 15) is 9.59 Å². The fourth-order valence-corrected chi connectivity index (χ4v) is 5.37. The summed E-state index contributed by atoms with van der Waals surface area (Å²) < 4.78 is 22.8. The molecule has 4 fully saturated rings. The Bertz CT molecular complexity index is 890. The molecule has 0 spiro atoms. The molecule has 2 bridgehead atoms. The first kappa shape index (κ1) is 17.9. The average Bonchev–Trinajstić information content (AvgIpc) is 3.46. The molecule has 28 heavy (non-hydrogen) atoms. The van der Waals surface area contributed by atoms with Gasteiger partial charge < -0.3 is 18.9 Å². The average molecular weight is 382 g/mol. The highest BCUT2D eigenvalue weighted by molar-refractivity contribution is 6.17. The van der Waals surface area contributed by atoms with Crippen LogP contribution in [0.4, 0.5) is 0 Å². The topological polar surface area (TPSA) is 71.1 Å². The number of hydrogen-bond acceptors (Lipinski definition) is 6. The van der Waals surface area contributed by atoms with E-state index in [0.717, 1.165) is 5.56 Å². The number of rotatable bonds is 3. The molecular weight excluding hydrogens is 360 g/mol. The number of benzene rings is 1. The maximum atomic E-state index is 13.4. The summed E-state index contributed by atoms with van der Waals surface area (Å²) in [7, 11) is 1.55. The molecule has 0 radical (unpaired) electrons. The van der Waals surface area contributed by atoms with E-state index in [-0.39, 0.29) is 41.9 Å². The van der Waals surface area contributed by atoms with E-state index in [4.69, 9.17) is 18.9 Å². The van der Waals surface area contributed by atoms with Crippen molar-refractivity contribution in [3.05, 3.63) is 29.3 Å². The molecule has 146 valence electrons. The Balaban J connectivity index is 1.47. The first-order chi connectivity index (χ1) is 13.6. The predicted molar refractivity (Wildman–Crippen MR) is 97.7 cm³/mol. The van der Waals surface area contributed by atoms with E-state index in [1.165, 1.54) is 0 Å². The van der Waals surface area contributed by atoms with E-state index in [1.807, 2.05) is 6.07 Å². The van der Waals surface area contributed by atoms with Crippen molar-refractivity contribution in [2.75, 3.05) is 20.3 Å². The molecular formula is C22H22O6. The van der Waals surface area contributed by atoms with Crippen LogP contribution < -0.4 is 4.74 Å². The van der Waals surface area contributed by atoms with Gasteiger partial charge in [-0.05, 0) is 25.5 Å². The summed E-state index contributed by atoms with van der Waals surface area (Å²) >= 11 is 0. The van der Waals surface area contributed by atoms with Crippen LogP contribution in [-0.2, 0) is 23.8 Å². The highest BCUT2D eigenvalue weighted by atomic mass is 16.7. The molecule has 6 heteroatoms. The van der Waals surface area contributed by atoms with Crippen LogP contribution in [0.1, 0.15) is 30.4 Å². The second-order valence-electron chi connectivity index (χ2n) is 7.77. The quantitative estimate of drug-likeness (QED) is 0.585. The molecule has 3 aliphatic heterocycles. The van der Waals surface area contributed by atoms with Gasteiger partial charge in [0.2, 0.25) is 0 Å². The zero-order chi connectivity index (χ0) is 19.4. The lowest BCUT2D eigenvalue weighted by Gasteiger charge is -2.29. The molecule has 1 aliphatic carbocycles. The van der Waals surface area contributed by atoms with Crippen molar-refractivity contribution >= 4 is 11.6 Å². The Kier molecular flexibility index (Phi) is 4.27. The molecule has 4 aliphatic rings. The van der Waals surface area contributed by atoms with Crippen LogP contribution >= 0.6 is 0 Å². The Morgan fingerprint density at radius 1 is 1.11 bits per heavy atom. The highest BCUT2D eigenvalue weighted by Gasteiger charge is 2.67. The first-order valence-electron chi connectivity index (χ1n) is 9.71. The predicted octanol–water partition coefficient (Wildman–Crippen LogP) is 1.69. The summed E-state index contributed by atoms with van der Waals surface area (Å²) in [6.45, 7) is 2.88. The van der Waals surface area contributed by atoms with Crippen LogP contribution in [0.5, 0.6) is 5.75 Å². The summed E-state index contributed by atoms with van der Waals surface area (Å²) in [5.74, 6) is 4.63. The Labute approximate surface area is 163 Å². The number of Topliss-reactive ketones (excluding diaryl/α,β-unsaturated/α-hetero) is 2. The summed E-state index contributed by atoms with van der Waals surface area (Å²) in [5.41, 5.74) is 1.41. The van der Waals surface area contributed by atoms with Crippen LogP contribution in [0, 0.1) is 29.6 Å². The maximum absolute atomic E-state index is 13.4. The summed E-state index contributed by atoms with van der Waals surface area (Å²) in [6.07, 6.45) is -0.176. The lowest BCUT2D eigenvalue weighted by atomic mass is 9.75. The van der Waals surface area contributed by atoms with Gasteiger partial charge in [0.1, 0.15) is 11.7 Å². The third kappa shape index (κ3) is 2.47. The largest absolute Gasteiger partial charge is 0.496 e. The zero-order valence-electron chi connectivity index (χ0n) is 15.8. The molecule has 1 saturated carbocycles. The standard InChI is InChI=1S/C22H22O6/c1-3-4-11-5-6-12(14(9-11)25-2)16-19(23)17-15-10-13(22-26-7-8-27-22)21(28-15)18(17)20(16)24/h5-6,9,13,15-18,21-22H,7-8,10H2,1-2H3/t13?,15-,16?,17-,18+,21+/m0/s1. The summed E-state index contributed by atoms with van der Waals surface area (Å²) in [4.78, 5) is 26.6. The Morgan fingerprint density at radius 3 is 2.57 bits per heavy atom. The minimum Gasteiger partial charge on any atom is -0.496 e. The van der Waals surface area contributed by atoms with Crippen molar-refractivity contribution in [3.8, 4) is 17.6 Å². The van der Waals surface area contributed by atoms with Gasteiger partial charge in [0, 0.05) is 17.0 Å². The lowest BCUT2D eigenvalue weighted by Crippen LogP contribution is -2.40. The van der Waals surface area contributed by atoms with Gasteiger partial charge in [-0.15, -0.1) is 5.92 Å². The van der Waals surface area contributed by atoms with Crippen molar-refractivity contribution < 1.29 is 28.5 Å². The van der Waals surface area contributed by atoms with Crippen LogP contribution in [0.25, 0.3) is 0 Å². The molecule has 0 amide bonds. The van der Waals surface area contributed by atoms with Crippen molar-refractivity contribution in [1.82, 2.24) is 0 Å². The molecule has 6 atom stereocenters. The molecule has 6 nitrogen and oxygen atoms in total. The fourth-order valence-electron chi connectivity index (χ4n) is 5.37. The SMILES string of the molecule is CC#Cc1ccc(C2C(=O)[C@@H]3[C@H](C2=O)[C@@H]2O[C@H]3CC2C2OCCO2)c(OC)c1. The molecule has 3 heterocycles. The van der Waals surface area contributed by atoms with Crippen molar-refractivity contribution in [2.24, 2.45) is 17.8 Å². The van der Waals surface area contributed by atoms with Crippen LogP contribution in [-0.4, -0.2) is 50.4 Å². The maximum Gasteiger partial charge on any atom is 0.163 e. The van der Waals surface area contributed by atoms with Crippen LogP contribution in [0.3, 0.4) is 0 Å². The number of fused-ring (bicyclic) bond motifs is 5. The molecule has 2 unspecified atom stereocenters. The minimum absolute atomic E-state index is 0.00773. The second-order valence-corrected chi connectivity index (χ2v) is 7.77. The summed E-state index contributed by atoms with van der Waals surface area (Å²) in [6, 6.07) is 5.41. The number of carbonyl (C=O) groups excluding carboxylic acids is 2. The van der Waals surface area contributed by atoms with E-state index in [2.05, 4.69) is 11.8 Å².